The van der Waals surface area contributed by atoms with Gasteiger partial charge in [-0.1, -0.05) is 54.6 Å². The zero-order chi connectivity index (χ0) is 24.6. The Balaban J connectivity index is 1.23. The first kappa shape index (κ1) is 23.8. The molecule has 5 rings (SSSR count). The first-order valence-corrected chi connectivity index (χ1v) is 13.0. The number of anilines is 1. The lowest BCUT2D eigenvalue weighted by Gasteiger charge is -2.39. The van der Waals surface area contributed by atoms with Gasteiger partial charge in [0.25, 0.3) is 0 Å². The van der Waals surface area contributed by atoms with Crippen LogP contribution >= 0.6 is 0 Å². The van der Waals surface area contributed by atoms with Gasteiger partial charge in [-0.3, -0.25) is 9.59 Å². The van der Waals surface area contributed by atoms with Gasteiger partial charge in [-0.2, -0.15) is 0 Å². The number of piperidine rings is 1. The number of para-hydroxylation sites is 1. The van der Waals surface area contributed by atoms with Crippen molar-refractivity contribution >= 4 is 23.6 Å². The van der Waals surface area contributed by atoms with Gasteiger partial charge in [0.15, 0.2) is 0 Å². The minimum Gasteiger partial charge on any atom is -0.345 e. The molecule has 2 aliphatic heterocycles. The van der Waals surface area contributed by atoms with Crippen LogP contribution in [0.4, 0.5) is 5.69 Å². The molecule has 5 nitrogen and oxygen atoms in total. The summed E-state index contributed by atoms with van der Waals surface area (Å²) in [5.41, 5.74) is 6.31. The third-order valence-electron chi connectivity index (χ3n) is 8.35. The van der Waals surface area contributed by atoms with Gasteiger partial charge >= 0.3 is 0 Å². The van der Waals surface area contributed by atoms with Gasteiger partial charge in [0, 0.05) is 37.7 Å². The molecular weight excluding hydrogens is 434 g/mol. The molecule has 35 heavy (non-hydrogen) atoms. The fraction of sp³-hybridized carbons (Fsp3) is 0.467. The number of amides is 2. The average molecular weight is 472 g/mol. The highest BCUT2D eigenvalue weighted by Crippen LogP contribution is 2.43. The van der Waals surface area contributed by atoms with Crippen LogP contribution in [0.15, 0.2) is 48.5 Å². The van der Waals surface area contributed by atoms with E-state index in [-0.39, 0.29) is 23.1 Å². The highest BCUT2D eigenvalue weighted by Gasteiger charge is 2.38. The maximum Gasteiger partial charge on any atom is 0.232 e. The molecule has 2 amide bonds. The second-order valence-corrected chi connectivity index (χ2v) is 10.7. The number of likely N-dealkylation sites (tertiary alicyclic amines) is 2. The van der Waals surface area contributed by atoms with Gasteiger partial charge in [-0.05, 0) is 75.0 Å². The molecule has 1 unspecified atom stereocenters. The molecule has 1 atom stereocenters. The Labute approximate surface area is 209 Å². The van der Waals surface area contributed by atoms with Crippen LogP contribution in [0.1, 0.15) is 47.9 Å². The number of carbonyl (C=O) groups is 2. The van der Waals surface area contributed by atoms with E-state index in [1.807, 2.05) is 11.0 Å². The normalized spacial score (nSPS) is 21.1. The van der Waals surface area contributed by atoms with Crippen LogP contribution in [0.3, 0.4) is 0 Å². The molecule has 0 saturated carbocycles. The van der Waals surface area contributed by atoms with E-state index < -0.39 is 0 Å². The predicted octanol–water partition coefficient (Wildman–Crippen LogP) is 4.57. The van der Waals surface area contributed by atoms with E-state index in [0.29, 0.717) is 19.5 Å². The van der Waals surface area contributed by atoms with Crippen molar-refractivity contribution in [2.24, 2.45) is 5.92 Å². The lowest BCUT2D eigenvalue weighted by atomic mass is 9.74. The number of allylic oxidation sites excluding steroid dienone is 1. The first-order chi connectivity index (χ1) is 16.9. The van der Waals surface area contributed by atoms with Crippen molar-refractivity contribution in [3.05, 3.63) is 70.8 Å². The SMILES string of the molecule is Cc1cccc(C)c1N(CCCN1CCC2(C=Cc3ccccc32)CC1)C(=O)C1CC(=O)N(C)C1. The van der Waals surface area contributed by atoms with Gasteiger partial charge in [-0.15, -0.1) is 0 Å². The lowest BCUT2D eigenvalue weighted by Crippen LogP contribution is -2.43. The van der Waals surface area contributed by atoms with Crippen LogP contribution in [-0.2, 0) is 15.0 Å². The molecule has 1 aliphatic carbocycles. The molecule has 1 spiro atoms. The van der Waals surface area contributed by atoms with Crippen molar-refractivity contribution in [3.63, 3.8) is 0 Å². The quantitative estimate of drug-likeness (QED) is 0.620. The molecule has 0 aromatic heterocycles. The zero-order valence-corrected chi connectivity index (χ0v) is 21.3. The fourth-order valence-corrected chi connectivity index (χ4v) is 6.31. The molecule has 5 heteroatoms. The number of fused-ring (bicyclic) bond motifs is 2. The van der Waals surface area contributed by atoms with Gasteiger partial charge in [0.2, 0.25) is 11.8 Å². The van der Waals surface area contributed by atoms with Crippen LogP contribution in [-0.4, -0.2) is 61.4 Å². The van der Waals surface area contributed by atoms with E-state index in [0.717, 1.165) is 55.7 Å². The lowest BCUT2D eigenvalue weighted by molar-refractivity contribution is -0.127. The van der Waals surface area contributed by atoms with Crippen molar-refractivity contribution in [2.45, 2.75) is 44.9 Å². The molecular formula is C30H37N3O2. The van der Waals surface area contributed by atoms with Crippen molar-refractivity contribution in [2.75, 3.05) is 44.7 Å². The molecule has 2 saturated heterocycles. The van der Waals surface area contributed by atoms with E-state index >= 15 is 0 Å². The molecule has 0 bridgehead atoms. The minimum absolute atomic E-state index is 0.0644. The van der Waals surface area contributed by atoms with Crippen LogP contribution in [0.2, 0.25) is 0 Å². The summed E-state index contributed by atoms with van der Waals surface area (Å²) in [5.74, 6) is -0.101. The second kappa shape index (κ2) is 9.62. The molecule has 2 fully saturated rings. The highest BCUT2D eigenvalue weighted by molar-refractivity contribution is 6.00. The number of aryl methyl sites for hydroxylation is 2. The van der Waals surface area contributed by atoms with E-state index in [9.17, 15) is 9.59 Å². The van der Waals surface area contributed by atoms with Crippen molar-refractivity contribution in [1.82, 2.24) is 9.80 Å². The van der Waals surface area contributed by atoms with Crippen LogP contribution in [0.25, 0.3) is 6.08 Å². The monoisotopic (exact) mass is 471 g/mol. The number of rotatable bonds is 6. The largest absolute Gasteiger partial charge is 0.345 e. The Morgan fingerprint density at radius 3 is 2.46 bits per heavy atom. The molecule has 0 N–H and O–H groups in total. The standard InChI is InChI=1S/C30H37N3O2/c1-22-8-6-9-23(2)28(22)33(29(35)25-20-27(34)31(3)21-25)17-7-16-32-18-14-30(15-19-32)13-12-24-10-4-5-11-26(24)30/h4-6,8-13,25H,7,14-21H2,1-3H3. The molecule has 2 aromatic rings. The van der Waals surface area contributed by atoms with Crippen LogP contribution in [0.5, 0.6) is 0 Å². The Hall–Kier alpha value is -2.92. The van der Waals surface area contributed by atoms with Gasteiger partial charge in [-0.25, -0.2) is 0 Å². The van der Waals surface area contributed by atoms with E-state index in [2.05, 4.69) is 67.3 Å². The third kappa shape index (κ3) is 4.54. The first-order valence-electron chi connectivity index (χ1n) is 13.0. The summed E-state index contributed by atoms with van der Waals surface area (Å²) in [6.07, 6.45) is 8.27. The van der Waals surface area contributed by atoms with E-state index in [4.69, 9.17) is 0 Å². The van der Waals surface area contributed by atoms with E-state index in [1.165, 1.54) is 11.1 Å². The van der Waals surface area contributed by atoms with Crippen molar-refractivity contribution < 1.29 is 9.59 Å². The van der Waals surface area contributed by atoms with Crippen LogP contribution < -0.4 is 4.90 Å². The van der Waals surface area contributed by atoms with Gasteiger partial charge in [0.1, 0.15) is 0 Å². The Morgan fingerprint density at radius 2 is 1.77 bits per heavy atom. The predicted molar refractivity (Wildman–Crippen MR) is 141 cm³/mol. The fourth-order valence-electron chi connectivity index (χ4n) is 6.31. The summed E-state index contributed by atoms with van der Waals surface area (Å²) < 4.78 is 0. The second-order valence-electron chi connectivity index (χ2n) is 10.7. The summed E-state index contributed by atoms with van der Waals surface area (Å²) in [6.45, 7) is 8.50. The smallest absolute Gasteiger partial charge is 0.232 e. The number of carbonyl (C=O) groups excluding carboxylic acids is 2. The van der Waals surface area contributed by atoms with Crippen molar-refractivity contribution in [3.8, 4) is 0 Å². The molecule has 2 heterocycles. The maximum absolute atomic E-state index is 13.6. The molecule has 184 valence electrons. The van der Waals surface area contributed by atoms with Gasteiger partial charge in [0.05, 0.1) is 5.92 Å². The van der Waals surface area contributed by atoms with Crippen molar-refractivity contribution in [1.29, 1.82) is 0 Å². The van der Waals surface area contributed by atoms with E-state index in [1.54, 1.807) is 11.9 Å². The third-order valence-corrected chi connectivity index (χ3v) is 8.35. The number of nitrogens with zero attached hydrogens (tertiary/aromatic N) is 3. The summed E-state index contributed by atoms with van der Waals surface area (Å²) in [6, 6.07) is 15.0. The Morgan fingerprint density at radius 1 is 1.06 bits per heavy atom. The topological polar surface area (TPSA) is 43.9 Å². The molecule has 3 aliphatic rings. The number of hydrogen-bond acceptors (Lipinski definition) is 3. The summed E-state index contributed by atoms with van der Waals surface area (Å²) in [5, 5.41) is 0. The molecule has 2 aromatic carbocycles. The molecule has 0 radical (unpaired) electrons. The Bertz CT molecular complexity index is 1130. The van der Waals surface area contributed by atoms with Gasteiger partial charge < -0.3 is 14.7 Å². The zero-order valence-electron chi connectivity index (χ0n) is 21.3. The van der Waals surface area contributed by atoms with Crippen LogP contribution in [0, 0.1) is 19.8 Å². The number of benzene rings is 2. The maximum atomic E-state index is 13.6. The summed E-state index contributed by atoms with van der Waals surface area (Å²) in [7, 11) is 1.79. The minimum atomic E-state index is -0.254. The summed E-state index contributed by atoms with van der Waals surface area (Å²) >= 11 is 0. The highest BCUT2D eigenvalue weighted by atomic mass is 16.2. The average Bonchev–Trinajstić information content (AvgIpc) is 3.38. The Kier molecular flexibility index (Phi) is 6.54. The summed E-state index contributed by atoms with van der Waals surface area (Å²) in [4.78, 5) is 32.0. The number of hydrogen-bond donors (Lipinski definition) is 0.